The molecule has 0 bridgehead atoms. The first kappa shape index (κ1) is 9.32. The van der Waals surface area contributed by atoms with Gasteiger partial charge < -0.3 is 14.7 Å². The molecular weight excluding hydrogens is 158 g/mol. The molecule has 1 aliphatic rings. The van der Waals surface area contributed by atoms with E-state index in [0.717, 1.165) is 32.5 Å². The van der Waals surface area contributed by atoms with E-state index in [9.17, 15) is 4.79 Å². The van der Waals surface area contributed by atoms with Crippen LogP contribution in [0.2, 0.25) is 0 Å². The topological polar surface area (TPSA) is 49.8 Å². The first-order valence-corrected chi connectivity index (χ1v) is 4.34. The number of piperidine rings is 1. The molecule has 0 unspecified atom stereocenters. The lowest BCUT2D eigenvalue weighted by Gasteiger charge is -2.29. The van der Waals surface area contributed by atoms with E-state index < -0.39 is 6.16 Å². The Morgan fingerprint density at radius 1 is 1.58 bits per heavy atom. The Kier molecular flexibility index (Phi) is 3.34. The summed E-state index contributed by atoms with van der Waals surface area (Å²) in [6, 6.07) is 0. The zero-order valence-corrected chi connectivity index (χ0v) is 7.32. The summed E-state index contributed by atoms with van der Waals surface area (Å²) >= 11 is 0. The fourth-order valence-corrected chi connectivity index (χ4v) is 1.49. The molecule has 4 heteroatoms. The molecular formula is C8H15NO3. The molecule has 0 saturated carbocycles. The molecule has 0 atom stereocenters. The minimum absolute atomic E-state index is 0.0784. The second-order valence-corrected chi connectivity index (χ2v) is 3.02. The molecule has 1 N–H and O–H groups in total. The minimum Gasteiger partial charge on any atom is -0.450 e. The third-order valence-corrected chi connectivity index (χ3v) is 2.25. The number of carboxylic acid groups (broad SMARTS) is 1. The lowest BCUT2D eigenvalue weighted by atomic mass is 10.1. The van der Waals surface area contributed by atoms with Gasteiger partial charge in [0, 0.05) is 13.1 Å². The van der Waals surface area contributed by atoms with Crippen molar-refractivity contribution in [1.82, 2.24) is 4.90 Å². The van der Waals surface area contributed by atoms with Crippen molar-refractivity contribution in [3.8, 4) is 0 Å². The van der Waals surface area contributed by atoms with Crippen molar-refractivity contribution < 1.29 is 14.6 Å². The second kappa shape index (κ2) is 4.30. The highest BCUT2D eigenvalue weighted by Crippen LogP contribution is 2.12. The van der Waals surface area contributed by atoms with Crippen molar-refractivity contribution >= 4 is 6.16 Å². The van der Waals surface area contributed by atoms with Gasteiger partial charge in [0.15, 0.2) is 0 Å². The molecule has 1 rings (SSSR count). The van der Waals surface area contributed by atoms with Crippen molar-refractivity contribution in [2.75, 3.05) is 19.6 Å². The molecule has 0 aromatic rings. The number of carbonyl (C=O) groups is 1. The van der Waals surface area contributed by atoms with Crippen LogP contribution in [0.4, 0.5) is 4.79 Å². The van der Waals surface area contributed by atoms with Gasteiger partial charge in [-0.3, -0.25) is 0 Å². The molecule has 0 aromatic carbocycles. The molecule has 1 aliphatic heterocycles. The molecule has 1 saturated heterocycles. The Bertz CT molecular complexity index is 152. The van der Waals surface area contributed by atoms with Crippen LogP contribution in [0.1, 0.15) is 19.8 Å². The third-order valence-electron chi connectivity index (χ3n) is 2.25. The van der Waals surface area contributed by atoms with Crippen LogP contribution in [0.5, 0.6) is 0 Å². The van der Waals surface area contributed by atoms with E-state index >= 15 is 0 Å². The smallest absolute Gasteiger partial charge is 0.450 e. The van der Waals surface area contributed by atoms with Gasteiger partial charge in [-0.1, -0.05) is 6.92 Å². The van der Waals surface area contributed by atoms with Crippen LogP contribution in [0.3, 0.4) is 0 Å². The van der Waals surface area contributed by atoms with E-state index in [0.29, 0.717) is 0 Å². The standard InChI is InChI=1S/C8H15NO3/c1-2-9-5-3-7(4-6-9)12-8(10)11/h7H,2-6H2,1H3,(H,10,11). The van der Waals surface area contributed by atoms with Gasteiger partial charge in [0.05, 0.1) is 0 Å². The zero-order chi connectivity index (χ0) is 8.97. The largest absolute Gasteiger partial charge is 0.506 e. The van der Waals surface area contributed by atoms with E-state index in [1.165, 1.54) is 0 Å². The summed E-state index contributed by atoms with van der Waals surface area (Å²) in [5.74, 6) is 0. The van der Waals surface area contributed by atoms with Crippen LogP contribution >= 0.6 is 0 Å². The summed E-state index contributed by atoms with van der Waals surface area (Å²) < 4.78 is 4.67. The second-order valence-electron chi connectivity index (χ2n) is 3.02. The van der Waals surface area contributed by atoms with Crippen molar-refractivity contribution in [2.24, 2.45) is 0 Å². The monoisotopic (exact) mass is 173 g/mol. The van der Waals surface area contributed by atoms with Gasteiger partial charge in [-0.05, 0) is 19.4 Å². The van der Waals surface area contributed by atoms with Crippen molar-refractivity contribution in [3.63, 3.8) is 0 Å². The van der Waals surface area contributed by atoms with Gasteiger partial charge in [-0.2, -0.15) is 0 Å². The maximum Gasteiger partial charge on any atom is 0.506 e. The van der Waals surface area contributed by atoms with Gasteiger partial charge >= 0.3 is 6.16 Å². The number of nitrogens with zero attached hydrogens (tertiary/aromatic N) is 1. The fraction of sp³-hybridized carbons (Fsp3) is 0.875. The van der Waals surface area contributed by atoms with Gasteiger partial charge in [-0.25, -0.2) is 4.79 Å². The highest BCUT2D eigenvalue weighted by atomic mass is 16.7. The lowest BCUT2D eigenvalue weighted by molar-refractivity contribution is 0.0208. The molecule has 4 nitrogen and oxygen atoms in total. The Morgan fingerprint density at radius 3 is 2.58 bits per heavy atom. The fourth-order valence-electron chi connectivity index (χ4n) is 1.49. The number of rotatable bonds is 2. The number of likely N-dealkylation sites (tertiary alicyclic amines) is 1. The van der Waals surface area contributed by atoms with Crippen LogP contribution in [-0.4, -0.2) is 41.9 Å². The number of hydrogen-bond donors (Lipinski definition) is 1. The number of ether oxygens (including phenoxy) is 1. The predicted molar refractivity (Wildman–Crippen MR) is 44.2 cm³/mol. The molecule has 70 valence electrons. The number of hydrogen-bond acceptors (Lipinski definition) is 3. The van der Waals surface area contributed by atoms with Crippen LogP contribution in [0, 0.1) is 0 Å². The first-order chi connectivity index (χ1) is 5.72. The van der Waals surface area contributed by atoms with Crippen LogP contribution in [0.15, 0.2) is 0 Å². The van der Waals surface area contributed by atoms with Gasteiger partial charge in [0.25, 0.3) is 0 Å². The van der Waals surface area contributed by atoms with E-state index in [1.807, 2.05) is 0 Å². The normalized spacial score (nSPS) is 20.8. The van der Waals surface area contributed by atoms with Crippen molar-refractivity contribution in [2.45, 2.75) is 25.9 Å². The summed E-state index contributed by atoms with van der Waals surface area (Å²) in [6.07, 6.45) is 0.440. The van der Waals surface area contributed by atoms with Crippen LogP contribution in [-0.2, 0) is 4.74 Å². The Balaban J connectivity index is 2.21. The highest BCUT2D eigenvalue weighted by Gasteiger charge is 2.20. The van der Waals surface area contributed by atoms with Gasteiger partial charge in [0.2, 0.25) is 0 Å². The summed E-state index contributed by atoms with van der Waals surface area (Å²) in [4.78, 5) is 12.5. The summed E-state index contributed by atoms with van der Waals surface area (Å²) in [6.45, 7) is 5.06. The van der Waals surface area contributed by atoms with E-state index in [2.05, 4.69) is 16.6 Å². The quantitative estimate of drug-likeness (QED) is 0.637. The molecule has 0 spiro atoms. The summed E-state index contributed by atoms with van der Waals surface area (Å²) in [5.41, 5.74) is 0. The molecule has 12 heavy (non-hydrogen) atoms. The maximum absolute atomic E-state index is 10.2. The molecule has 1 fully saturated rings. The zero-order valence-electron chi connectivity index (χ0n) is 7.32. The Morgan fingerprint density at radius 2 is 2.17 bits per heavy atom. The van der Waals surface area contributed by atoms with E-state index in [-0.39, 0.29) is 6.10 Å². The third kappa shape index (κ3) is 2.70. The Hall–Kier alpha value is -0.770. The average Bonchev–Trinajstić information content (AvgIpc) is 2.05. The molecule has 0 amide bonds. The van der Waals surface area contributed by atoms with Gasteiger partial charge in [0.1, 0.15) is 6.10 Å². The minimum atomic E-state index is -1.15. The highest BCUT2D eigenvalue weighted by molar-refractivity contribution is 5.57. The molecule has 0 aliphatic carbocycles. The molecule has 1 heterocycles. The van der Waals surface area contributed by atoms with E-state index in [4.69, 9.17) is 5.11 Å². The average molecular weight is 173 g/mol. The van der Waals surface area contributed by atoms with Gasteiger partial charge in [-0.15, -0.1) is 0 Å². The van der Waals surface area contributed by atoms with Crippen molar-refractivity contribution in [1.29, 1.82) is 0 Å². The predicted octanol–water partition coefficient (Wildman–Crippen LogP) is 1.17. The van der Waals surface area contributed by atoms with Crippen molar-refractivity contribution in [3.05, 3.63) is 0 Å². The SMILES string of the molecule is CCN1CCC(OC(=O)O)CC1. The van der Waals surface area contributed by atoms with Crippen LogP contribution in [0.25, 0.3) is 0 Å². The molecule has 0 aromatic heterocycles. The Labute approximate surface area is 72.1 Å². The summed E-state index contributed by atoms with van der Waals surface area (Å²) in [7, 11) is 0. The van der Waals surface area contributed by atoms with Crippen LogP contribution < -0.4 is 0 Å². The molecule has 0 radical (unpaired) electrons. The van der Waals surface area contributed by atoms with E-state index in [1.54, 1.807) is 0 Å². The summed E-state index contributed by atoms with van der Waals surface area (Å²) in [5, 5.41) is 8.35. The lowest BCUT2D eigenvalue weighted by Crippen LogP contribution is -2.37. The first-order valence-electron chi connectivity index (χ1n) is 4.34. The maximum atomic E-state index is 10.2.